The third kappa shape index (κ3) is 3.09. The van der Waals surface area contributed by atoms with Crippen LogP contribution in [0.2, 0.25) is 0 Å². The number of carbonyl (C=O) groups excluding carboxylic acids is 2. The molecule has 1 atom stereocenters. The van der Waals surface area contributed by atoms with Crippen molar-refractivity contribution in [3.8, 4) is 0 Å². The van der Waals surface area contributed by atoms with Gasteiger partial charge in [-0.3, -0.25) is 4.79 Å². The molecule has 1 N–H and O–H groups in total. The largest absolute Gasteiger partial charge is 0.338 e. The van der Waals surface area contributed by atoms with Gasteiger partial charge in [0.15, 0.2) is 0 Å². The topological polar surface area (TPSA) is 90.0 Å². The first-order chi connectivity index (χ1) is 11.4. The second-order valence-electron chi connectivity index (χ2n) is 5.93. The van der Waals surface area contributed by atoms with E-state index in [0.29, 0.717) is 19.6 Å². The summed E-state index contributed by atoms with van der Waals surface area (Å²) in [6, 6.07) is 7.45. The van der Waals surface area contributed by atoms with Gasteiger partial charge in [-0.25, -0.2) is 13.2 Å². The first-order valence-electron chi connectivity index (χ1n) is 7.75. The van der Waals surface area contributed by atoms with Crippen molar-refractivity contribution in [2.24, 2.45) is 0 Å². The van der Waals surface area contributed by atoms with E-state index < -0.39 is 16.1 Å². The molecule has 9 heteroatoms. The molecule has 3 amide bonds. The lowest BCUT2D eigenvalue weighted by atomic mass is 10.2. The van der Waals surface area contributed by atoms with Gasteiger partial charge in [-0.2, -0.15) is 4.31 Å². The molecule has 3 rings (SSSR count). The molecule has 0 radical (unpaired) electrons. The van der Waals surface area contributed by atoms with Crippen LogP contribution in [0, 0.1) is 0 Å². The zero-order valence-corrected chi connectivity index (χ0v) is 14.2. The van der Waals surface area contributed by atoms with Crippen LogP contribution in [-0.2, 0) is 14.8 Å². The number of benzene rings is 1. The molecule has 2 aliphatic rings. The molecule has 2 fully saturated rings. The minimum atomic E-state index is -3.53. The Bertz CT molecular complexity index is 729. The van der Waals surface area contributed by atoms with Gasteiger partial charge in [-0.1, -0.05) is 18.2 Å². The first-order valence-corrected chi connectivity index (χ1v) is 9.19. The molecule has 2 heterocycles. The number of urea groups is 1. The van der Waals surface area contributed by atoms with E-state index in [2.05, 4.69) is 5.32 Å². The van der Waals surface area contributed by atoms with E-state index in [1.807, 2.05) is 0 Å². The normalized spacial score (nSPS) is 22.5. The second-order valence-corrected chi connectivity index (χ2v) is 7.86. The van der Waals surface area contributed by atoms with Gasteiger partial charge in [0.1, 0.15) is 6.04 Å². The molecule has 24 heavy (non-hydrogen) atoms. The van der Waals surface area contributed by atoms with E-state index in [4.69, 9.17) is 0 Å². The Morgan fingerprint density at radius 1 is 1.12 bits per heavy atom. The minimum absolute atomic E-state index is 0.163. The van der Waals surface area contributed by atoms with Crippen molar-refractivity contribution in [2.75, 3.05) is 39.8 Å². The smallest absolute Gasteiger partial charge is 0.317 e. The van der Waals surface area contributed by atoms with E-state index in [1.165, 1.54) is 9.21 Å². The van der Waals surface area contributed by atoms with Gasteiger partial charge in [0.05, 0.1) is 11.4 Å². The number of carbonyl (C=O) groups is 2. The molecule has 0 aliphatic carbocycles. The molecular formula is C15H20N4O4S. The highest BCUT2D eigenvalue weighted by molar-refractivity contribution is 7.89. The number of rotatable bonds is 3. The van der Waals surface area contributed by atoms with Crippen molar-refractivity contribution in [3.63, 3.8) is 0 Å². The maximum Gasteiger partial charge on any atom is 0.317 e. The number of amides is 3. The minimum Gasteiger partial charge on any atom is -0.338 e. The summed E-state index contributed by atoms with van der Waals surface area (Å²) in [5, 5.41) is 2.63. The SMILES string of the molecule is CN1C[C@@H](C(=O)N2CCN(S(=O)(=O)c3ccccc3)CC2)NC1=O. The van der Waals surface area contributed by atoms with Crippen LogP contribution < -0.4 is 5.32 Å². The highest BCUT2D eigenvalue weighted by Crippen LogP contribution is 2.18. The summed E-state index contributed by atoms with van der Waals surface area (Å²) in [7, 11) is -1.90. The van der Waals surface area contributed by atoms with Gasteiger partial charge < -0.3 is 15.1 Å². The predicted molar refractivity (Wildman–Crippen MR) is 86.7 cm³/mol. The fraction of sp³-hybridized carbons (Fsp3) is 0.467. The fourth-order valence-corrected chi connectivity index (χ4v) is 4.36. The molecule has 1 aromatic rings. The molecule has 8 nitrogen and oxygen atoms in total. The summed E-state index contributed by atoms with van der Waals surface area (Å²) in [5.74, 6) is -0.163. The summed E-state index contributed by atoms with van der Waals surface area (Å²) < 4.78 is 26.5. The molecule has 2 saturated heterocycles. The van der Waals surface area contributed by atoms with Gasteiger partial charge >= 0.3 is 6.03 Å². The van der Waals surface area contributed by atoms with E-state index in [-0.39, 0.29) is 29.9 Å². The number of sulfonamides is 1. The van der Waals surface area contributed by atoms with Crippen molar-refractivity contribution in [1.29, 1.82) is 0 Å². The molecule has 0 spiro atoms. The molecule has 130 valence electrons. The van der Waals surface area contributed by atoms with E-state index >= 15 is 0 Å². The molecule has 2 aliphatic heterocycles. The number of hydrogen-bond acceptors (Lipinski definition) is 4. The summed E-state index contributed by atoms with van der Waals surface area (Å²) in [4.78, 5) is 27.2. The first kappa shape index (κ1) is 16.7. The average Bonchev–Trinajstić information content (AvgIpc) is 2.94. The third-order valence-corrected chi connectivity index (χ3v) is 6.24. The van der Waals surface area contributed by atoms with Crippen LogP contribution >= 0.6 is 0 Å². The lowest BCUT2D eigenvalue weighted by molar-refractivity contribution is -0.134. The highest BCUT2D eigenvalue weighted by atomic mass is 32.2. The summed E-state index contributed by atoms with van der Waals surface area (Å²) >= 11 is 0. The van der Waals surface area contributed by atoms with Crippen molar-refractivity contribution >= 4 is 22.0 Å². The lowest BCUT2D eigenvalue weighted by Crippen LogP contribution is -2.54. The number of nitrogens with one attached hydrogen (secondary N) is 1. The summed E-state index contributed by atoms with van der Waals surface area (Å²) in [6.07, 6.45) is 0. The van der Waals surface area contributed by atoms with Crippen LogP contribution in [-0.4, -0.2) is 80.3 Å². The molecule has 0 unspecified atom stereocenters. The van der Waals surface area contributed by atoms with Crippen molar-refractivity contribution in [1.82, 2.24) is 19.4 Å². The van der Waals surface area contributed by atoms with Crippen molar-refractivity contribution in [3.05, 3.63) is 30.3 Å². The monoisotopic (exact) mass is 352 g/mol. The van der Waals surface area contributed by atoms with Crippen LogP contribution in [0.15, 0.2) is 35.2 Å². The average molecular weight is 352 g/mol. The summed E-state index contributed by atoms with van der Waals surface area (Å²) in [5.41, 5.74) is 0. The summed E-state index contributed by atoms with van der Waals surface area (Å²) in [6.45, 7) is 1.47. The number of nitrogens with zero attached hydrogens (tertiary/aromatic N) is 3. The highest BCUT2D eigenvalue weighted by Gasteiger charge is 2.36. The molecule has 1 aromatic carbocycles. The Morgan fingerprint density at radius 2 is 1.75 bits per heavy atom. The fourth-order valence-electron chi connectivity index (χ4n) is 2.91. The zero-order chi connectivity index (χ0) is 17.3. The van der Waals surface area contributed by atoms with Crippen LogP contribution in [0.1, 0.15) is 0 Å². The van der Waals surface area contributed by atoms with Crippen LogP contribution in [0.4, 0.5) is 4.79 Å². The van der Waals surface area contributed by atoms with E-state index in [9.17, 15) is 18.0 Å². The Labute approximate surface area is 141 Å². The maximum absolute atomic E-state index is 12.6. The van der Waals surface area contributed by atoms with Crippen molar-refractivity contribution in [2.45, 2.75) is 10.9 Å². The zero-order valence-electron chi connectivity index (χ0n) is 13.4. The van der Waals surface area contributed by atoms with Crippen LogP contribution in [0.3, 0.4) is 0 Å². The number of piperazine rings is 1. The predicted octanol–water partition coefficient (Wildman–Crippen LogP) is -0.457. The van der Waals surface area contributed by atoms with Gasteiger partial charge in [-0.05, 0) is 12.1 Å². The van der Waals surface area contributed by atoms with Gasteiger partial charge in [0.25, 0.3) is 0 Å². The third-order valence-electron chi connectivity index (χ3n) is 4.33. The van der Waals surface area contributed by atoms with Crippen LogP contribution in [0.5, 0.6) is 0 Å². The quantitative estimate of drug-likeness (QED) is 0.797. The van der Waals surface area contributed by atoms with Crippen molar-refractivity contribution < 1.29 is 18.0 Å². The van der Waals surface area contributed by atoms with E-state index in [0.717, 1.165) is 0 Å². The Kier molecular flexibility index (Phi) is 4.46. The van der Waals surface area contributed by atoms with Gasteiger partial charge in [-0.15, -0.1) is 0 Å². The van der Waals surface area contributed by atoms with Gasteiger partial charge in [0, 0.05) is 33.2 Å². The van der Waals surface area contributed by atoms with E-state index in [1.54, 1.807) is 42.3 Å². The standard InChI is InChI=1S/C15H20N4O4S/c1-17-11-13(16-15(17)21)14(20)18-7-9-19(10-8-18)24(22,23)12-5-3-2-4-6-12/h2-6,13H,7-11H2,1H3,(H,16,21)/t13-/m0/s1. The number of likely N-dealkylation sites (N-methyl/N-ethyl adjacent to an activating group) is 1. The lowest BCUT2D eigenvalue weighted by Gasteiger charge is -2.35. The van der Waals surface area contributed by atoms with Gasteiger partial charge in [0.2, 0.25) is 15.9 Å². The molecule has 0 saturated carbocycles. The van der Waals surface area contributed by atoms with Crippen LogP contribution in [0.25, 0.3) is 0 Å². The Hall–Kier alpha value is -2.13. The second kappa shape index (κ2) is 6.40. The maximum atomic E-state index is 12.6. The number of hydrogen-bond donors (Lipinski definition) is 1. The Balaban J connectivity index is 1.62. The Morgan fingerprint density at radius 3 is 2.29 bits per heavy atom. The molecule has 0 bridgehead atoms. The molecule has 0 aromatic heterocycles. The molecular weight excluding hydrogens is 332 g/mol.